The molecule has 0 aliphatic carbocycles. The minimum absolute atomic E-state index is 0.0595. The summed E-state index contributed by atoms with van der Waals surface area (Å²) in [6, 6.07) is 1.56. The van der Waals surface area contributed by atoms with Gasteiger partial charge in [0.2, 0.25) is 17.5 Å². The smallest absolute Gasteiger partial charge is 0.417 e. The Bertz CT molecular complexity index is 2100. The van der Waals surface area contributed by atoms with Crippen LogP contribution in [0.25, 0.3) is 37.0 Å². The maximum Gasteiger partial charge on any atom is 0.417 e. The second-order valence-electron chi connectivity index (χ2n) is 12.8. The number of nitrogen functional groups attached to an aromatic ring is 1. The van der Waals surface area contributed by atoms with Crippen molar-refractivity contribution >= 4 is 48.9 Å². The summed E-state index contributed by atoms with van der Waals surface area (Å²) in [6.45, 7) is 13.9. The van der Waals surface area contributed by atoms with E-state index in [4.69, 9.17) is 21.8 Å². The number of amides is 1. The Morgan fingerprint density at radius 2 is 2.06 bits per heavy atom. The summed E-state index contributed by atoms with van der Waals surface area (Å²) in [7, 11) is 0. The normalized spacial score (nSPS) is 23.8. The molecule has 9 nitrogen and oxygen atoms in total. The van der Waals surface area contributed by atoms with Crippen molar-refractivity contribution in [2.75, 3.05) is 32.0 Å². The molecule has 3 aliphatic rings. The average Bonchev–Trinajstić information content (AvgIpc) is 3.81. The van der Waals surface area contributed by atoms with Gasteiger partial charge in [-0.25, -0.2) is 18.0 Å². The third kappa shape index (κ3) is 5.47. The second-order valence-corrected chi connectivity index (χ2v) is 13.9. The van der Waals surface area contributed by atoms with Gasteiger partial charge in [-0.1, -0.05) is 12.6 Å². The Kier molecular flexibility index (Phi) is 8.33. The average molecular weight is 717 g/mol. The third-order valence-electron chi connectivity index (χ3n) is 9.99. The number of nitrogens with zero attached hydrogens (tertiary/aromatic N) is 5. The van der Waals surface area contributed by atoms with E-state index in [0.717, 1.165) is 24.6 Å². The summed E-state index contributed by atoms with van der Waals surface area (Å²) in [4.78, 5) is 27.7. The van der Waals surface area contributed by atoms with Gasteiger partial charge in [-0.15, -0.1) is 11.3 Å². The first kappa shape index (κ1) is 33.9. The number of nitrogens with two attached hydrogens (primary N) is 1. The number of hydrogen-bond donors (Lipinski definition) is 1. The Morgan fingerprint density at radius 1 is 1.28 bits per heavy atom. The van der Waals surface area contributed by atoms with Crippen LogP contribution in [0.15, 0.2) is 30.9 Å². The molecule has 2 aromatic heterocycles. The lowest BCUT2D eigenvalue weighted by molar-refractivity contribution is -0.137. The van der Waals surface area contributed by atoms with Crippen LogP contribution >= 0.6 is 11.3 Å². The van der Waals surface area contributed by atoms with Gasteiger partial charge in [0.15, 0.2) is 5.82 Å². The van der Waals surface area contributed by atoms with Crippen molar-refractivity contribution in [3.63, 3.8) is 0 Å². The predicted octanol–water partition coefficient (Wildman–Crippen LogP) is 7.45. The summed E-state index contributed by atoms with van der Waals surface area (Å²) in [5.41, 5.74) is 1.58. The van der Waals surface area contributed by atoms with Crippen molar-refractivity contribution in [3.05, 3.63) is 59.5 Å². The number of likely N-dealkylation sites (tertiary alicyclic amines) is 1. The van der Waals surface area contributed by atoms with Gasteiger partial charge in [0.05, 0.1) is 38.8 Å². The van der Waals surface area contributed by atoms with Gasteiger partial charge in [0, 0.05) is 36.9 Å². The Hall–Kier alpha value is -4.62. The molecule has 0 unspecified atom stereocenters. The van der Waals surface area contributed by atoms with E-state index >= 15 is 4.39 Å². The topological polar surface area (TPSA) is 98.2 Å². The molecule has 2 aromatic carbocycles. The first-order chi connectivity index (χ1) is 23.8. The zero-order valence-electron chi connectivity index (χ0n) is 26.6. The molecule has 16 heteroatoms. The number of carbonyl (C=O) groups is 1. The fourth-order valence-corrected chi connectivity index (χ4v) is 8.54. The minimum Gasteiger partial charge on any atom is -0.471 e. The highest BCUT2D eigenvalue weighted by atomic mass is 32.1. The molecule has 0 bridgehead atoms. The van der Waals surface area contributed by atoms with Crippen molar-refractivity contribution in [3.8, 4) is 23.0 Å². The highest BCUT2D eigenvalue weighted by Crippen LogP contribution is 2.51. The maximum atomic E-state index is 17.0. The molecule has 262 valence electrons. The van der Waals surface area contributed by atoms with E-state index in [-0.39, 0.29) is 59.2 Å². The quantitative estimate of drug-likeness (QED) is 0.121. The molecule has 3 fully saturated rings. The van der Waals surface area contributed by atoms with Crippen LogP contribution in [0.2, 0.25) is 0 Å². The van der Waals surface area contributed by atoms with Gasteiger partial charge in [-0.2, -0.15) is 23.1 Å². The molecule has 3 aliphatic heterocycles. The molecular formula is C34H30F6N6O3S. The molecule has 4 aromatic rings. The molecule has 1 amide bonds. The zero-order chi connectivity index (χ0) is 35.7. The molecule has 2 N–H and O–H groups in total. The van der Waals surface area contributed by atoms with E-state index in [0.29, 0.717) is 30.4 Å². The molecule has 50 heavy (non-hydrogen) atoms. The van der Waals surface area contributed by atoms with Crippen LogP contribution in [0.1, 0.15) is 38.2 Å². The molecular weight excluding hydrogens is 686 g/mol. The molecule has 7 rings (SSSR count). The summed E-state index contributed by atoms with van der Waals surface area (Å²) in [6.07, 6.45) is -3.89. The molecule has 0 saturated carbocycles. The lowest BCUT2D eigenvalue weighted by atomic mass is 9.93. The number of carbonyl (C=O) groups excluding carboxylic acids is 1. The van der Waals surface area contributed by atoms with Crippen LogP contribution < -0.4 is 15.2 Å². The number of benzene rings is 2. The summed E-state index contributed by atoms with van der Waals surface area (Å²) in [5.74, 6) is -3.05. The SMILES string of the molecule is [C-]#[N+]c1c(N)sc2c(F)ccc(-c3c(C(F)(F)F)cc4c(O[C@@H]5CCN(C(=O)C=C)[C@@H]5C)nc(OC[C@@]56CCCN5C[C@H](F)C6)nc4c3F)c12. The highest BCUT2D eigenvalue weighted by Gasteiger charge is 2.49. The monoisotopic (exact) mass is 716 g/mol. The number of rotatable bonds is 7. The fraction of sp³-hybridized carbons (Fsp3) is 0.412. The molecule has 5 heterocycles. The number of aromatic nitrogens is 2. The number of halogens is 6. The third-order valence-corrected chi connectivity index (χ3v) is 11.0. The fourth-order valence-electron chi connectivity index (χ4n) is 7.60. The maximum absolute atomic E-state index is 17.0. The number of thiophene rings is 1. The van der Waals surface area contributed by atoms with Gasteiger partial charge >= 0.3 is 12.2 Å². The van der Waals surface area contributed by atoms with Crippen molar-refractivity contribution in [1.82, 2.24) is 19.8 Å². The lowest BCUT2D eigenvalue weighted by Crippen LogP contribution is -2.43. The largest absolute Gasteiger partial charge is 0.471 e. The Balaban J connectivity index is 1.42. The molecule has 3 saturated heterocycles. The van der Waals surface area contributed by atoms with E-state index in [2.05, 4.69) is 21.4 Å². The lowest BCUT2D eigenvalue weighted by Gasteiger charge is -2.31. The van der Waals surface area contributed by atoms with Crippen LogP contribution in [0.4, 0.5) is 37.0 Å². The minimum atomic E-state index is -5.15. The van der Waals surface area contributed by atoms with Crippen molar-refractivity contribution in [2.45, 2.75) is 62.6 Å². The second kappa shape index (κ2) is 12.3. The van der Waals surface area contributed by atoms with Crippen LogP contribution in [0.3, 0.4) is 0 Å². The van der Waals surface area contributed by atoms with E-state index in [1.165, 1.54) is 4.90 Å². The van der Waals surface area contributed by atoms with Gasteiger partial charge in [-0.3, -0.25) is 9.69 Å². The summed E-state index contributed by atoms with van der Waals surface area (Å²) in [5, 5.41) is -0.824. The van der Waals surface area contributed by atoms with Gasteiger partial charge in [-0.05, 0) is 50.1 Å². The number of hydrogen-bond acceptors (Lipinski definition) is 8. The van der Waals surface area contributed by atoms with Crippen LogP contribution in [-0.2, 0) is 11.0 Å². The summed E-state index contributed by atoms with van der Waals surface area (Å²) >= 11 is 0.669. The van der Waals surface area contributed by atoms with E-state index in [9.17, 15) is 26.7 Å². The van der Waals surface area contributed by atoms with Gasteiger partial charge in [0.1, 0.15) is 30.2 Å². The summed E-state index contributed by atoms with van der Waals surface area (Å²) < 4.78 is 103. The van der Waals surface area contributed by atoms with Crippen molar-refractivity contribution in [2.24, 2.45) is 0 Å². The van der Waals surface area contributed by atoms with Crippen LogP contribution in [-0.4, -0.2) is 75.8 Å². The highest BCUT2D eigenvalue weighted by molar-refractivity contribution is 7.23. The standard InChI is InChI=1S/C34H30F6N6O3S/c1-4-23(47)46-11-8-22(16(46)2)49-31-19-12-20(34(38,39)40)24(18-6-7-21(36)29-25(18)28(42-3)30(41)50-29)26(37)27(19)43-32(44-31)48-15-33-9-5-10-45(33)14-17(35)13-33/h4,6-7,12,16-17,22H,1,5,8-11,13-15,41H2,2H3/t16-,17-,22-,33+/m1/s1. The molecule has 4 atom stereocenters. The molecule has 0 spiro atoms. The van der Waals surface area contributed by atoms with E-state index in [1.807, 2.05) is 4.90 Å². The zero-order valence-corrected chi connectivity index (χ0v) is 27.4. The van der Waals surface area contributed by atoms with Crippen LogP contribution in [0, 0.1) is 18.2 Å². The van der Waals surface area contributed by atoms with E-state index in [1.54, 1.807) is 6.92 Å². The number of alkyl halides is 4. The number of anilines is 1. The predicted molar refractivity (Wildman–Crippen MR) is 175 cm³/mol. The van der Waals surface area contributed by atoms with Crippen molar-refractivity contribution in [1.29, 1.82) is 0 Å². The Labute approximate surface area is 286 Å². The van der Waals surface area contributed by atoms with Crippen molar-refractivity contribution < 1.29 is 40.6 Å². The Morgan fingerprint density at radius 3 is 2.78 bits per heavy atom. The van der Waals surface area contributed by atoms with E-state index < -0.39 is 81.2 Å². The number of ether oxygens (including phenoxy) is 2. The van der Waals surface area contributed by atoms with Crippen LogP contribution in [0.5, 0.6) is 11.9 Å². The van der Waals surface area contributed by atoms with Gasteiger partial charge < -0.3 is 20.1 Å². The number of fused-ring (bicyclic) bond motifs is 3. The van der Waals surface area contributed by atoms with Gasteiger partial charge in [0.25, 0.3) is 0 Å². The first-order valence-corrected chi connectivity index (χ1v) is 16.7. The first-order valence-electron chi connectivity index (χ1n) is 15.9. The molecule has 0 radical (unpaired) electrons.